The van der Waals surface area contributed by atoms with Crippen LogP contribution in [0.15, 0.2) is 97.1 Å². The Morgan fingerprint density at radius 2 is 0.959 bits per heavy atom. The molecule has 3 aromatic rings. The first-order chi connectivity index (χ1) is 24.1. The molecule has 0 saturated heterocycles. The lowest BCUT2D eigenvalue weighted by Crippen LogP contribution is -2.36. The summed E-state index contributed by atoms with van der Waals surface area (Å²) in [4.78, 5) is 37.8. The van der Waals surface area contributed by atoms with Crippen LogP contribution in [-0.2, 0) is 38.9 Å². The fourth-order valence-corrected chi connectivity index (χ4v) is 5.67. The lowest BCUT2D eigenvalue weighted by molar-refractivity contribution is -0.133. The minimum Gasteiger partial charge on any atom is -0.379 e. The molecule has 0 fully saturated rings. The van der Waals surface area contributed by atoms with Gasteiger partial charge in [0.05, 0.1) is 52.9 Å². The topological polar surface area (TPSA) is 101 Å². The van der Waals surface area contributed by atoms with E-state index in [4.69, 9.17) is 23.7 Å². The van der Waals surface area contributed by atoms with Gasteiger partial charge in [-0.2, -0.15) is 0 Å². The molecule has 4 rings (SSSR count). The van der Waals surface area contributed by atoms with Gasteiger partial charge in [-0.05, 0) is 35.2 Å². The van der Waals surface area contributed by atoms with Gasteiger partial charge in [-0.1, -0.05) is 112 Å². The molecule has 0 N–H and O–H groups in total. The number of carbonyl (C=O) groups is 3. The van der Waals surface area contributed by atoms with Crippen molar-refractivity contribution in [3.63, 3.8) is 0 Å². The molecule has 0 spiro atoms. The van der Waals surface area contributed by atoms with Crippen molar-refractivity contribution < 1.29 is 38.1 Å². The summed E-state index contributed by atoms with van der Waals surface area (Å²) in [6, 6.07) is 26.5. The molecule has 0 aliphatic carbocycles. The Hall–Kier alpha value is -3.99. The molecule has 0 bridgehead atoms. The van der Waals surface area contributed by atoms with Crippen LogP contribution in [-0.4, -0.2) is 82.1 Å². The minimum absolute atomic E-state index is 0.217. The highest BCUT2D eigenvalue weighted by atomic mass is 16.6. The Morgan fingerprint density at radius 1 is 0.531 bits per heavy atom. The quantitative estimate of drug-likeness (QED) is 0.0606. The number of benzene rings is 3. The molecule has 0 radical (unpaired) electrons. The number of rotatable bonds is 24. The first-order valence-corrected chi connectivity index (χ1v) is 17.3. The third-order valence-electron chi connectivity index (χ3n) is 8.22. The maximum absolute atomic E-state index is 13.0. The fraction of sp³-hybridized carbons (Fsp3) is 0.425. The molecule has 1 aliphatic rings. The molecule has 0 aromatic heterocycles. The van der Waals surface area contributed by atoms with E-state index in [0.717, 1.165) is 41.9 Å². The van der Waals surface area contributed by atoms with E-state index in [-0.39, 0.29) is 12.2 Å². The second-order valence-electron chi connectivity index (χ2n) is 11.7. The molecular weight excluding hydrogens is 622 g/mol. The van der Waals surface area contributed by atoms with Crippen LogP contribution in [0.4, 0.5) is 0 Å². The number of hydrogen-bond acceptors (Lipinski definition) is 8. The van der Waals surface area contributed by atoms with Crippen molar-refractivity contribution in [1.82, 2.24) is 4.90 Å². The number of imide groups is 3. The third kappa shape index (κ3) is 11.3. The van der Waals surface area contributed by atoms with Crippen molar-refractivity contribution in [3.05, 3.63) is 119 Å². The van der Waals surface area contributed by atoms with Crippen LogP contribution < -0.4 is 0 Å². The predicted octanol–water partition coefficient (Wildman–Crippen LogP) is 6.49. The Labute approximate surface area is 290 Å². The highest BCUT2D eigenvalue weighted by Crippen LogP contribution is 2.40. The van der Waals surface area contributed by atoms with Gasteiger partial charge in [0.2, 0.25) is 0 Å². The molecule has 49 heavy (non-hydrogen) atoms. The molecule has 9 nitrogen and oxygen atoms in total. The number of unbranched alkanes of at least 4 members (excludes halogenated alkanes) is 5. The van der Waals surface area contributed by atoms with Crippen molar-refractivity contribution in [2.75, 3.05) is 59.5 Å². The summed E-state index contributed by atoms with van der Waals surface area (Å²) in [5.74, 6) is -1.97. The van der Waals surface area contributed by atoms with E-state index in [1.54, 1.807) is 24.3 Å². The largest absolute Gasteiger partial charge is 0.379 e. The summed E-state index contributed by atoms with van der Waals surface area (Å²) in [5.41, 5.74) is 1.75. The molecule has 3 amide bonds. The molecule has 9 heteroatoms. The van der Waals surface area contributed by atoms with Gasteiger partial charge in [-0.15, -0.1) is 0 Å². The lowest BCUT2D eigenvalue weighted by Gasteiger charge is -2.36. The SMILES string of the molecule is CCCCCCCCOCCOCCOCCOCCOC(c1ccccc1)(c1ccccc1)c1ccc(C(=O)N2C(=O)C=CC2=O)cc1. The van der Waals surface area contributed by atoms with E-state index in [9.17, 15) is 14.4 Å². The Bertz CT molecular complexity index is 1380. The van der Waals surface area contributed by atoms with Gasteiger partial charge in [0.1, 0.15) is 5.60 Å². The molecular formula is C40H49NO8. The van der Waals surface area contributed by atoms with E-state index in [1.165, 1.54) is 32.1 Å². The summed E-state index contributed by atoms with van der Waals surface area (Å²) in [5, 5.41) is 0. The zero-order valence-corrected chi connectivity index (χ0v) is 28.6. The van der Waals surface area contributed by atoms with Gasteiger partial charge in [0.25, 0.3) is 17.7 Å². The zero-order chi connectivity index (χ0) is 34.6. The van der Waals surface area contributed by atoms with Crippen molar-refractivity contribution in [1.29, 1.82) is 0 Å². The first-order valence-electron chi connectivity index (χ1n) is 17.3. The van der Waals surface area contributed by atoms with Crippen LogP contribution in [0.2, 0.25) is 0 Å². The number of hydrogen-bond donors (Lipinski definition) is 0. The average molecular weight is 672 g/mol. The van der Waals surface area contributed by atoms with E-state index in [2.05, 4.69) is 6.92 Å². The molecule has 0 atom stereocenters. The van der Waals surface area contributed by atoms with E-state index in [0.29, 0.717) is 51.1 Å². The second kappa shape index (κ2) is 21.2. The average Bonchev–Trinajstić information content (AvgIpc) is 3.48. The van der Waals surface area contributed by atoms with E-state index < -0.39 is 23.3 Å². The van der Waals surface area contributed by atoms with Crippen LogP contribution in [0.25, 0.3) is 0 Å². The lowest BCUT2D eigenvalue weighted by atomic mass is 9.79. The number of ether oxygens (including phenoxy) is 5. The molecule has 0 saturated carbocycles. The molecule has 3 aromatic carbocycles. The molecule has 1 heterocycles. The van der Waals surface area contributed by atoms with E-state index in [1.807, 2.05) is 60.7 Å². The van der Waals surface area contributed by atoms with Crippen LogP contribution in [0.5, 0.6) is 0 Å². The Morgan fingerprint density at radius 3 is 1.47 bits per heavy atom. The third-order valence-corrected chi connectivity index (χ3v) is 8.22. The van der Waals surface area contributed by atoms with Gasteiger partial charge >= 0.3 is 0 Å². The summed E-state index contributed by atoms with van der Waals surface area (Å²) < 4.78 is 29.5. The standard InChI is InChI=1S/C40H49NO8/c1-2-3-4-5-6-13-24-45-25-26-46-27-28-47-29-30-48-31-32-49-40(34-14-9-7-10-15-34,35-16-11-8-12-17-35)36-20-18-33(19-21-36)39(44)41-37(42)22-23-38(41)43/h7-12,14-23H,2-6,13,24-32H2,1H3. The van der Waals surface area contributed by atoms with Crippen LogP contribution in [0, 0.1) is 0 Å². The monoisotopic (exact) mass is 671 g/mol. The highest BCUT2D eigenvalue weighted by Gasteiger charge is 2.38. The summed E-state index contributed by atoms with van der Waals surface area (Å²) >= 11 is 0. The van der Waals surface area contributed by atoms with Crippen LogP contribution >= 0.6 is 0 Å². The van der Waals surface area contributed by atoms with Crippen LogP contribution in [0.3, 0.4) is 0 Å². The van der Waals surface area contributed by atoms with Crippen LogP contribution in [0.1, 0.15) is 72.5 Å². The van der Waals surface area contributed by atoms with E-state index >= 15 is 0 Å². The van der Waals surface area contributed by atoms with Gasteiger partial charge < -0.3 is 23.7 Å². The maximum Gasteiger partial charge on any atom is 0.267 e. The molecule has 262 valence electrons. The zero-order valence-electron chi connectivity index (χ0n) is 28.6. The van der Waals surface area contributed by atoms with Gasteiger partial charge in [0, 0.05) is 24.3 Å². The number of amides is 3. The number of carbonyl (C=O) groups excluding carboxylic acids is 3. The summed E-state index contributed by atoms with van der Waals surface area (Å²) in [6.45, 7) is 6.63. The van der Waals surface area contributed by atoms with Gasteiger partial charge in [-0.3, -0.25) is 14.4 Å². The highest BCUT2D eigenvalue weighted by molar-refractivity contribution is 6.25. The van der Waals surface area contributed by atoms with Crippen molar-refractivity contribution in [2.45, 2.75) is 51.0 Å². The van der Waals surface area contributed by atoms with Crippen molar-refractivity contribution in [2.24, 2.45) is 0 Å². The maximum atomic E-state index is 13.0. The first kappa shape index (κ1) is 37.8. The number of nitrogens with zero attached hydrogens (tertiary/aromatic N) is 1. The van der Waals surface area contributed by atoms with Gasteiger partial charge in [0.15, 0.2) is 0 Å². The summed E-state index contributed by atoms with van der Waals surface area (Å²) in [6.07, 6.45) is 9.72. The van der Waals surface area contributed by atoms with Gasteiger partial charge in [-0.25, -0.2) is 4.90 Å². The predicted molar refractivity (Wildman–Crippen MR) is 187 cm³/mol. The normalized spacial score (nSPS) is 13.0. The van der Waals surface area contributed by atoms with Crippen molar-refractivity contribution >= 4 is 17.7 Å². The fourth-order valence-electron chi connectivity index (χ4n) is 5.67. The minimum atomic E-state index is -1.03. The smallest absolute Gasteiger partial charge is 0.267 e. The summed E-state index contributed by atoms with van der Waals surface area (Å²) in [7, 11) is 0. The Balaban J connectivity index is 1.25. The molecule has 1 aliphatic heterocycles. The Kier molecular flexibility index (Phi) is 16.3. The second-order valence-corrected chi connectivity index (χ2v) is 11.7. The molecule has 0 unspecified atom stereocenters. The van der Waals surface area contributed by atoms with Crippen molar-refractivity contribution in [3.8, 4) is 0 Å².